The normalized spacial score (nSPS) is 18.3. The second-order valence-corrected chi connectivity index (χ2v) is 8.16. The number of allylic oxidation sites excluding steroid dienone is 8. The molecule has 39 heavy (non-hydrogen) atoms. The van der Waals surface area contributed by atoms with Crippen molar-refractivity contribution in [2.45, 2.75) is 73.1 Å². The van der Waals surface area contributed by atoms with Gasteiger partial charge in [-0.15, -0.1) is 0 Å². The summed E-state index contributed by atoms with van der Waals surface area (Å²) in [7, 11) is 0. The Balaban J connectivity index is 0.000000735. The summed E-state index contributed by atoms with van der Waals surface area (Å²) in [6.45, 7) is 12.5. The Hall–Kier alpha value is -3.50. The monoisotopic (exact) mass is 548 g/mol. The van der Waals surface area contributed by atoms with Gasteiger partial charge in [-0.25, -0.2) is 14.2 Å². The Kier molecular flexibility index (Phi) is 19.5. The SMILES string of the molecule is C/C=C(\C)C1=C(F)C=CC(N2CC(CNC(C)=O)OC2=O)C=C1.C/C=C\CCCO.CC.NCc1cocn1. The van der Waals surface area contributed by atoms with E-state index in [9.17, 15) is 14.0 Å². The van der Waals surface area contributed by atoms with Crippen LogP contribution in [0.2, 0.25) is 0 Å². The lowest BCUT2D eigenvalue weighted by Crippen LogP contribution is -2.36. The molecule has 0 saturated carbocycles. The van der Waals surface area contributed by atoms with Gasteiger partial charge in [-0.1, -0.05) is 50.3 Å². The second kappa shape index (κ2) is 21.4. The molecule has 1 aliphatic heterocycles. The van der Waals surface area contributed by atoms with E-state index in [2.05, 4.69) is 20.8 Å². The van der Waals surface area contributed by atoms with Gasteiger partial charge in [-0.3, -0.25) is 9.69 Å². The molecule has 1 saturated heterocycles. The van der Waals surface area contributed by atoms with Gasteiger partial charge in [0.2, 0.25) is 5.91 Å². The van der Waals surface area contributed by atoms with Crippen molar-refractivity contribution in [3.63, 3.8) is 0 Å². The highest BCUT2D eigenvalue weighted by Crippen LogP contribution is 2.24. The van der Waals surface area contributed by atoms with Crippen LogP contribution in [0, 0.1) is 0 Å². The molecule has 2 atom stereocenters. The lowest BCUT2D eigenvalue weighted by Gasteiger charge is -2.19. The summed E-state index contributed by atoms with van der Waals surface area (Å²) in [6.07, 6.45) is 16.3. The van der Waals surface area contributed by atoms with E-state index in [-0.39, 0.29) is 24.3 Å². The average Bonchev–Trinajstić information content (AvgIpc) is 3.56. The first-order valence-electron chi connectivity index (χ1n) is 13.2. The van der Waals surface area contributed by atoms with Crippen molar-refractivity contribution < 1.29 is 28.2 Å². The maximum atomic E-state index is 14.1. The predicted octanol–water partition coefficient (Wildman–Crippen LogP) is 5.12. The Bertz CT molecular complexity index is 984. The molecule has 1 aromatic rings. The quantitative estimate of drug-likeness (QED) is 0.303. The van der Waals surface area contributed by atoms with E-state index in [0.717, 1.165) is 24.1 Å². The average molecular weight is 549 g/mol. The van der Waals surface area contributed by atoms with Crippen LogP contribution in [0.25, 0.3) is 0 Å². The molecule has 1 aliphatic carbocycles. The number of carbonyl (C=O) groups excluding carboxylic acids is 2. The topological polar surface area (TPSA) is 131 Å². The highest BCUT2D eigenvalue weighted by Gasteiger charge is 2.34. The number of nitrogens with zero attached hydrogens (tertiary/aromatic N) is 2. The summed E-state index contributed by atoms with van der Waals surface area (Å²) in [6, 6.07) is -0.377. The van der Waals surface area contributed by atoms with Gasteiger partial charge < -0.3 is 25.3 Å². The summed E-state index contributed by atoms with van der Waals surface area (Å²) in [5, 5.41) is 10.9. The molecule has 9 nitrogen and oxygen atoms in total. The van der Waals surface area contributed by atoms with Gasteiger partial charge in [0.25, 0.3) is 0 Å². The van der Waals surface area contributed by atoms with Crippen molar-refractivity contribution in [3.05, 3.63) is 77.9 Å². The van der Waals surface area contributed by atoms with E-state index in [4.69, 9.17) is 15.6 Å². The summed E-state index contributed by atoms with van der Waals surface area (Å²) < 4.78 is 23.9. The van der Waals surface area contributed by atoms with Gasteiger partial charge in [0.05, 0.1) is 24.8 Å². The maximum absolute atomic E-state index is 14.1. The molecule has 1 fully saturated rings. The standard InChI is InChI=1S/C17H21FN2O3.C6H12O.C4H6N2O.C2H6/c1-4-11(2)15-7-5-13(6-8-16(15)18)20-10-14(23-17(20)22)9-19-12(3)21;1-2-3-4-5-6-7;5-1-4-2-7-3-6-4;1-2/h4-8,13-14H,9-10H2,1-3H3,(H,19,21);2-3,7H,4-6H2,1H3;2-3H,1,5H2;1-2H3/b11-4+;3-2-;;. The van der Waals surface area contributed by atoms with Crippen LogP contribution in [0.4, 0.5) is 9.18 Å². The molecular weight excluding hydrogens is 503 g/mol. The number of aromatic nitrogens is 1. The van der Waals surface area contributed by atoms with Crippen molar-refractivity contribution >= 4 is 12.0 Å². The molecule has 0 aromatic carbocycles. The summed E-state index contributed by atoms with van der Waals surface area (Å²) in [5.74, 6) is -0.506. The summed E-state index contributed by atoms with van der Waals surface area (Å²) in [4.78, 5) is 28.2. The van der Waals surface area contributed by atoms with Crippen molar-refractivity contribution in [1.82, 2.24) is 15.2 Å². The Labute approximate surface area is 232 Å². The minimum Gasteiger partial charge on any atom is -0.451 e. The molecule has 2 aliphatic rings. The molecule has 0 bridgehead atoms. The third-order valence-corrected chi connectivity index (χ3v) is 5.31. The molecule has 2 heterocycles. The molecule has 0 spiro atoms. The number of halogens is 1. The number of aliphatic hydroxyl groups is 1. The summed E-state index contributed by atoms with van der Waals surface area (Å²) in [5.41, 5.74) is 7.30. The minimum absolute atomic E-state index is 0.175. The fourth-order valence-electron chi connectivity index (χ4n) is 3.16. The van der Waals surface area contributed by atoms with E-state index in [1.807, 2.05) is 46.8 Å². The van der Waals surface area contributed by atoms with Gasteiger partial charge in [-0.05, 0) is 45.3 Å². The number of oxazole rings is 1. The number of unbranched alkanes of at least 4 members (excludes halogenated alkanes) is 1. The first-order valence-corrected chi connectivity index (χ1v) is 13.2. The zero-order chi connectivity index (χ0) is 29.6. The number of amides is 2. The third kappa shape index (κ3) is 14.3. The number of cyclic esters (lactones) is 1. The zero-order valence-corrected chi connectivity index (χ0v) is 24.0. The first kappa shape index (κ1) is 35.5. The molecule has 2 unspecified atom stereocenters. The van der Waals surface area contributed by atoms with Gasteiger partial charge in [0, 0.05) is 25.6 Å². The van der Waals surface area contributed by atoms with Crippen LogP contribution in [0.15, 0.2) is 76.6 Å². The molecular formula is C29H45FN4O5. The Morgan fingerprint density at radius 3 is 2.49 bits per heavy atom. The van der Waals surface area contributed by atoms with Crippen molar-refractivity contribution in [3.8, 4) is 0 Å². The van der Waals surface area contributed by atoms with Gasteiger partial charge in [-0.2, -0.15) is 0 Å². The minimum atomic E-state index is -0.466. The molecule has 10 heteroatoms. The number of ether oxygens (including phenoxy) is 1. The van der Waals surface area contributed by atoms with Crippen LogP contribution in [-0.2, 0) is 16.1 Å². The Morgan fingerprint density at radius 2 is 1.97 bits per heavy atom. The largest absolute Gasteiger partial charge is 0.451 e. The highest BCUT2D eigenvalue weighted by molar-refractivity contribution is 5.73. The number of rotatable bonds is 8. The molecule has 0 radical (unpaired) electrons. The van der Waals surface area contributed by atoms with Crippen LogP contribution >= 0.6 is 0 Å². The van der Waals surface area contributed by atoms with E-state index in [1.54, 1.807) is 18.2 Å². The van der Waals surface area contributed by atoms with Gasteiger partial charge in [0.15, 0.2) is 6.39 Å². The number of hydrogen-bond donors (Lipinski definition) is 3. The highest BCUT2D eigenvalue weighted by atomic mass is 19.1. The number of hydrogen-bond acceptors (Lipinski definition) is 7. The number of nitrogens with two attached hydrogens (primary N) is 1. The van der Waals surface area contributed by atoms with Gasteiger partial charge >= 0.3 is 6.09 Å². The van der Waals surface area contributed by atoms with Crippen LogP contribution in [0.1, 0.15) is 60.1 Å². The number of aliphatic hydroxyl groups excluding tert-OH is 1. The lowest BCUT2D eigenvalue weighted by molar-refractivity contribution is -0.119. The van der Waals surface area contributed by atoms with Crippen LogP contribution < -0.4 is 11.1 Å². The maximum Gasteiger partial charge on any atom is 0.411 e. The molecule has 2 amide bonds. The van der Waals surface area contributed by atoms with Crippen LogP contribution in [-0.4, -0.2) is 58.8 Å². The first-order chi connectivity index (χ1) is 18.8. The van der Waals surface area contributed by atoms with Crippen molar-refractivity contribution in [2.75, 3.05) is 19.7 Å². The van der Waals surface area contributed by atoms with E-state index < -0.39 is 12.2 Å². The molecule has 1 aromatic heterocycles. The molecule has 4 N–H and O–H groups in total. The predicted molar refractivity (Wildman–Crippen MR) is 152 cm³/mol. The fraction of sp³-hybridized carbons (Fsp3) is 0.483. The second-order valence-electron chi connectivity index (χ2n) is 8.16. The van der Waals surface area contributed by atoms with Crippen molar-refractivity contribution in [2.24, 2.45) is 5.73 Å². The zero-order valence-electron chi connectivity index (χ0n) is 24.0. The van der Waals surface area contributed by atoms with E-state index in [0.29, 0.717) is 25.3 Å². The van der Waals surface area contributed by atoms with Crippen LogP contribution in [0.3, 0.4) is 0 Å². The Morgan fingerprint density at radius 1 is 1.28 bits per heavy atom. The fourth-order valence-corrected chi connectivity index (χ4v) is 3.16. The lowest BCUT2D eigenvalue weighted by atomic mass is 10.1. The van der Waals surface area contributed by atoms with Gasteiger partial charge in [0.1, 0.15) is 18.2 Å². The summed E-state index contributed by atoms with van der Waals surface area (Å²) >= 11 is 0. The smallest absolute Gasteiger partial charge is 0.411 e. The number of nitrogens with one attached hydrogen (secondary N) is 1. The van der Waals surface area contributed by atoms with E-state index in [1.165, 1.54) is 30.6 Å². The van der Waals surface area contributed by atoms with Crippen molar-refractivity contribution in [1.29, 1.82) is 0 Å². The third-order valence-electron chi connectivity index (χ3n) is 5.31. The molecule has 218 valence electrons. The van der Waals surface area contributed by atoms with E-state index >= 15 is 0 Å². The molecule has 3 rings (SSSR count). The van der Waals surface area contributed by atoms with Crippen LogP contribution in [0.5, 0.6) is 0 Å². The number of carbonyl (C=O) groups is 2.